The van der Waals surface area contributed by atoms with Gasteiger partial charge in [0.15, 0.2) is 0 Å². The van der Waals surface area contributed by atoms with Gasteiger partial charge in [-0.15, -0.1) is 0 Å². The average molecular weight is 586 g/mol. The molecule has 0 aliphatic rings. The quantitative estimate of drug-likeness (QED) is 0.316. The average Bonchev–Trinajstić information content (AvgIpc) is 2.94. The van der Waals surface area contributed by atoms with Crippen molar-refractivity contribution in [1.82, 2.24) is 10.2 Å². The normalized spacial score (nSPS) is 12.8. The van der Waals surface area contributed by atoms with E-state index in [4.69, 9.17) is 16.3 Å². The van der Waals surface area contributed by atoms with Crippen molar-refractivity contribution in [3.63, 3.8) is 0 Å². The summed E-state index contributed by atoms with van der Waals surface area (Å²) < 4.78 is 33.9. The minimum absolute atomic E-state index is 0.0103. The summed E-state index contributed by atoms with van der Waals surface area (Å²) in [6, 6.07) is 18.8. The number of hydrogen-bond donors (Lipinski definition) is 1. The predicted octanol–water partition coefficient (Wildman–Crippen LogP) is 5.18. The van der Waals surface area contributed by atoms with E-state index in [0.717, 1.165) is 21.9 Å². The second-order valence-electron chi connectivity index (χ2n) is 9.67. The van der Waals surface area contributed by atoms with Crippen LogP contribution in [-0.4, -0.2) is 50.9 Å². The van der Waals surface area contributed by atoms with Crippen molar-refractivity contribution in [3.8, 4) is 5.75 Å². The molecule has 8 nitrogen and oxygen atoms in total. The first-order valence-electron chi connectivity index (χ1n) is 13.0. The first-order chi connectivity index (χ1) is 19.0. The van der Waals surface area contributed by atoms with Gasteiger partial charge >= 0.3 is 0 Å². The Morgan fingerprint density at radius 1 is 1.00 bits per heavy atom. The number of anilines is 1. The van der Waals surface area contributed by atoms with Gasteiger partial charge in [0.25, 0.3) is 10.0 Å². The molecule has 3 aromatic rings. The second kappa shape index (κ2) is 13.7. The fourth-order valence-electron chi connectivity index (χ4n) is 4.07. The summed E-state index contributed by atoms with van der Waals surface area (Å²) in [7, 11) is -2.69. The molecule has 0 aliphatic carbocycles. The number of ether oxygens (including phenoxy) is 1. The number of aryl methyl sites for hydroxylation is 1. The monoisotopic (exact) mass is 585 g/mol. The van der Waals surface area contributed by atoms with Gasteiger partial charge < -0.3 is 15.0 Å². The summed E-state index contributed by atoms with van der Waals surface area (Å²) in [6.07, 6.45) is 0.731. The van der Waals surface area contributed by atoms with Crippen LogP contribution in [0.15, 0.2) is 77.7 Å². The highest BCUT2D eigenvalue weighted by molar-refractivity contribution is 7.92. The summed E-state index contributed by atoms with van der Waals surface area (Å²) in [5.74, 6) is -0.342. The predicted molar refractivity (Wildman–Crippen MR) is 158 cm³/mol. The maximum absolute atomic E-state index is 14.0. The molecule has 0 saturated carbocycles. The Morgan fingerprint density at radius 3 is 2.23 bits per heavy atom. The third-order valence-corrected chi connectivity index (χ3v) is 8.68. The summed E-state index contributed by atoms with van der Waals surface area (Å²) in [4.78, 5) is 28.5. The SMILES string of the molecule is CC[C@@H](C)NC(=O)[C@H](C)N(Cc1cccc(C)c1)C(=O)CN(c1ccc(Cl)cc1)S(=O)(=O)c1ccc(OC)cc1. The van der Waals surface area contributed by atoms with Crippen LogP contribution in [0.2, 0.25) is 5.02 Å². The number of hydrogen-bond acceptors (Lipinski definition) is 5. The molecule has 2 amide bonds. The highest BCUT2D eigenvalue weighted by Crippen LogP contribution is 2.27. The molecule has 0 bridgehead atoms. The number of methoxy groups -OCH3 is 1. The molecule has 0 unspecified atom stereocenters. The van der Waals surface area contributed by atoms with E-state index < -0.39 is 28.5 Å². The van der Waals surface area contributed by atoms with Gasteiger partial charge in [0.2, 0.25) is 11.8 Å². The minimum Gasteiger partial charge on any atom is -0.497 e. The van der Waals surface area contributed by atoms with Crippen molar-refractivity contribution in [2.24, 2.45) is 0 Å². The first-order valence-corrected chi connectivity index (χ1v) is 14.9. The van der Waals surface area contributed by atoms with E-state index >= 15 is 0 Å². The fourth-order valence-corrected chi connectivity index (χ4v) is 5.61. The minimum atomic E-state index is -4.18. The molecule has 3 rings (SSSR count). The molecule has 0 heterocycles. The Morgan fingerprint density at radius 2 is 1.65 bits per heavy atom. The zero-order valence-electron chi connectivity index (χ0n) is 23.4. The smallest absolute Gasteiger partial charge is 0.264 e. The van der Waals surface area contributed by atoms with Gasteiger partial charge in [0.05, 0.1) is 17.7 Å². The lowest BCUT2D eigenvalue weighted by Crippen LogP contribution is -2.52. The van der Waals surface area contributed by atoms with E-state index in [-0.39, 0.29) is 29.1 Å². The van der Waals surface area contributed by atoms with Gasteiger partial charge in [-0.1, -0.05) is 48.4 Å². The first kappa shape index (κ1) is 31.0. The molecule has 3 aromatic carbocycles. The van der Waals surface area contributed by atoms with Crippen molar-refractivity contribution in [1.29, 1.82) is 0 Å². The van der Waals surface area contributed by atoms with Gasteiger partial charge in [-0.3, -0.25) is 13.9 Å². The molecule has 0 aliphatic heterocycles. The lowest BCUT2D eigenvalue weighted by Gasteiger charge is -2.32. The van der Waals surface area contributed by atoms with E-state index in [9.17, 15) is 18.0 Å². The number of nitrogens with zero attached hydrogens (tertiary/aromatic N) is 2. The zero-order valence-corrected chi connectivity index (χ0v) is 25.0. The molecule has 40 heavy (non-hydrogen) atoms. The Hall–Kier alpha value is -3.56. The van der Waals surface area contributed by atoms with Crippen LogP contribution in [0.3, 0.4) is 0 Å². The molecule has 2 atom stereocenters. The summed E-state index contributed by atoms with van der Waals surface area (Å²) >= 11 is 6.07. The molecule has 214 valence electrons. The Kier molecular flexibility index (Phi) is 10.6. The molecular formula is C30H36ClN3O5S. The molecule has 0 spiro atoms. The van der Waals surface area contributed by atoms with Crippen LogP contribution >= 0.6 is 11.6 Å². The van der Waals surface area contributed by atoms with Crippen LogP contribution < -0.4 is 14.4 Å². The number of carbonyl (C=O) groups is 2. The molecule has 0 aromatic heterocycles. The van der Waals surface area contributed by atoms with E-state index in [1.807, 2.05) is 45.0 Å². The standard InChI is InChI=1S/C30H36ClN3O5S/c1-6-22(3)32-30(36)23(4)33(19-24-9-7-8-21(2)18-24)29(35)20-34(26-12-10-25(31)11-13-26)40(37,38)28-16-14-27(39-5)15-17-28/h7-18,22-23H,6,19-20H2,1-5H3,(H,32,36)/t22-,23+/m1/s1. The third kappa shape index (κ3) is 7.76. The largest absolute Gasteiger partial charge is 0.497 e. The van der Waals surface area contributed by atoms with Crippen molar-refractivity contribution >= 4 is 39.1 Å². The number of carbonyl (C=O) groups excluding carboxylic acids is 2. The highest BCUT2D eigenvalue weighted by Gasteiger charge is 2.32. The number of benzene rings is 3. The lowest BCUT2D eigenvalue weighted by atomic mass is 10.1. The maximum Gasteiger partial charge on any atom is 0.264 e. The molecule has 1 N–H and O–H groups in total. The van der Waals surface area contributed by atoms with Crippen LogP contribution in [0.4, 0.5) is 5.69 Å². The van der Waals surface area contributed by atoms with Crippen molar-refractivity contribution < 1.29 is 22.7 Å². The van der Waals surface area contributed by atoms with E-state index in [0.29, 0.717) is 10.8 Å². The van der Waals surface area contributed by atoms with Crippen LogP contribution in [0.1, 0.15) is 38.3 Å². The van der Waals surface area contributed by atoms with Crippen molar-refractivity contribution in [2.75, 3.05) is 18.0 Å². The Balaban J connectivity index is 2.02. The van der Waals surface area contributed by atoms with Crippen LogP contribution in [-0.2, 0) is 26.2 Å². The highest BCUT2D eigenvalue weighted by atomic mass is 35.5. The summed E-state index contributed by atoms with van der Waals surface area (Å²) in [5, 5.41) is 3.35. The summed E-state index contributed by atoms with van der Waals surface area (Å²) in [6.45, 7) is 7.05. The van der Waals surface area contributed by atoms with Crippen LogP contribution in [0.25, 0.3) is 0 Å². The van der Waals surface area contributed by atoms with Gasteiger partial charge in [0, 0.05) is 17.6 Å². The Bertz CT molecular complexity index is 1410. The topological polar surface area (TPSA) is 96.0 Å². The number of nitrogens with one attached hydrogen (secondary N) is 1. The van der Waals surface area contributed by atoms with Gasteiger partial charge in [0.1, 0.15) is 18.3 Å². The molecule has 0 saturated heterocycles. The summed E-state index contributed by atoms with van der Waals surface area (Å²) in [5.41, 5.74) is 2.10. The number of rotatable bonds is 12. The second-order valence-corrected chi connectivity index (χ2v) is 12.0. The van der Waals surface area contributed by atoms with Gasteiger partial charge in [-0.2, -0.15) is 0 Å². The van der Waals surface area contributed by atoms with Gasteiger partial charge in [-0.05, 0) is 81.3 Å². The van der Waals surface area contributed by atoms with E-state index in [1.54, 1.807) is 43.3 Å². The van der Waals surface area contributed by atoms with E-state index in [2.05, 4.69) is 5.32 Å². The number of halogens is 1. The van der Waals surface area contributed by atoms with Gasteiger partial charge in [-0.25, -0.2) is 8.42 Å². The fraction of sp³-hybridized carbons (Fsp3) is 0.333. The lowest BCUT2D eigenvalue weighted by molar-refractivity contribution is -0.139. The number of amides is 2. The van der Waals surface area contributed by atoms with Crippen molar-refractivity contribution in [3.05, 3.63) is 88.9 Å². The molecule has 0 radical (unpaired) electrons. The van der Waals surface area contributed by atoms with Crippen molar-refractivity contribution in [2.45, 2.75) is 57.6 Å². The zero-order chi connectivity index (χ0) is 29.4. The van der Waals surface area contributed by atoms with Crippen LogP contribution in [0, 0.1) is 6.92 Å². The molecular weight excluding hydrogens is 550 g/mol. The molecule has 10 heteroatoms. The molecule has 0 fully saturated rings. The third-order valence-electron chi connectivity index (χ3n) is 6.64. The van der Waals surface area contributed by atoms with Crippen LogP contribution in [0.5, 0.6) is 5.75 Å². The van der Waals surface area contributed by atoms with E-state index in [1.165, 1.54) is 24.1 Å². The Labute approximate surface area is 241 Å². The number of sulfonamides is 1. The maximum atomic E-state index is 14.0.